The first kappa shape index (κ1) is 5.80. The largest absolute Gasteiger partial charge is 0.371 e. The zero-order valence-electron chi connectivity index (χ0n) is 5.66. The van der Waals surface area contributed by atoms with E-state index >= 15 is 0 Å². The third-order valence-corrected chi connectivity index (χ3v) is 1.52. The van der Waals surface area contributed by atoms with Gasteiger partial charge in [0.15, 0.2) is 0 Å². The van der Waals surface area contributed by atoms with Gasteiger partial charge >= 0.3 is 0 Å². The second-order valence-corrected chi connectivity index (χ2v) is 2.44. The second-order valence-electron chi connectivity index (χ2n) is 2.44. The number of epoxide rings is 1. The molecular formula is C7H10N2O. The molecule has 1 N–H and O–H groups in total. The van der Waals surface area contributed by atoms with Crippen molar-refractivity contribution >= 4 is 0 Å². The molecule has 0 radical (unpaired) electrons. The van der Waals surface area contributed by atoms with Gasteiger partial charge in [-0.15, -0.1) is 0 Å². The molecule has 10 heavy (non-hydrogen) atoms. The van der Waals surface area contributed by atoms with Gasteiger partial charge in [0.25, 0.3) is 0 Å². The van der Waals surface area contributed by atoms with Gasteiger partial charge in [-0.3, -0.25) is 5.01 Å². The van der Waals surface area contributed by atoms with Crippen molar-refractivity contribution in [2.45, 2.75) is 6.10 Å². The molecule has 0 bridgehead atoms. The van der Waals surface area contributed by atoms with E-state index in [1.54, 1.807) is 0 Å². The number of nitrogens with one attached hydrogen (secondary N) is 1. The molecule has 0 spiro atoms. The number of ether oxygens (including phenoxy) is 1. The molecule has 1 atom stereocenters. The fourth-order valence-corrected chi connectivity index (χ4v) is 0.897. The van der Waals surface area contributed by atoms with Crippen molar-refractivity contribution in [2.75, 3.05) is 13.2 Å². The minimum absolute atomic E-state index is 0.448. The highest BCUT2D eigenvalue weighted by atomic mass is 16.6. The van der Waals surface area contributed by atoms with Crippen LogP contribution in [0.15, 0.2) is 24.6 Å². The van der Waals surface area contributed by atoms with Gasteiger partial charge in [-0.1, -0.05) is 0 Å². The molecule has 1 unspecified atom stereocenters. The fourth-order valence-electron chi connectivity index (χ4n) is 0.897. The molecule has 3 nitrogen and oxygen atoms in total. The summed E-state index contributed by atoms with van der Waals surface area (Å²) < 4.78 is 5.07. The van der Waals surface area contributed by atoms with Gasteiger partial charge in [0, 0.05) is 12.4 Å². The molecule has 0 aromatic rings. The number of allylic oxidation sites excluding steroid dienone is 2. The molecule has 2 rings (SSSR count). The van der Waals surface area contributed by atoms with E-state index in [0.29, 0.717) is 6.10 Å². The van der Waals surface area contributed by atoms with E-state index in [2.05, 4.69) is 5.43 Å². The normalized spacial score (nSPS) is 28.4. The quantitative estimate of drug-likeness (QED) is 0.554. The minimum Gasteiger partial charge on any atom is -0.371 e. The van der Waals surface area contributed by atoms with Crippen molar-refractivity contribution in [1.29, 1.82) is 0 Å². The van der Waals surface area contributed by atoms with Crippen LogP contribution in [0.2, 0.25) is 0 Å². The third kappa shape index (κ3) is 1.30. The Kier molecular flexibility index (Phi) is 1.36. The van der Waals surface area contributed by atoms with E-state index < -0.39 is 0 Å². The van der Waals surface area contributed by atoms with E-state index in [9.17, 15) is 0 Å². The molecule has 1 fully saturated rings. The van der Waals surface area contributed by atoms with E-state index in [0.717, 1.165) is 13.2 Å². The smallest absolute Gasteiger partial charge is 0.100 e. The number of hydrogen-bond donors (Lipinski definition) is 1. The highest BCUT2D eigenvalue weighted by molar-refractivity contribution is 5.05. The van der Waals surface area contributed by atoms with Crippen LogP contribution in [0.25, 0.3) is 0 Å². The lowest BCUT2D eigenvalue weighted by molar-refractivity contribution is 0.269. The van der Waals surface area contributed by atoms with Crippen LogP contribution >= 0.6 is 0 Å². The van der Waals surface area contributed by atoms with E-state index in [1.807, 2.05) is 29.6 Å². The monoisotopic (exact) mass is 138 g/mol. The summed E-state index contributed by atoms with van der Waals surface area (Å²) in [5.74, 6) is 0. The summed E-state index contributed by atoms with van der Waals surface area (Å²) in [6, 6.07) is 0. The summed E-state index contributed by atoms with van der Waals surface area (Å²) in [5.41, 5.74) is 3.08. The second kappa shape index (κ2) is 2.34. The molecule has 2 aliphatic rings. The first-order chi connectivity index (χ1) is 4.95. The van der Waals surface area contributed by atoms with Crippen molar-refractivity contribution in [3.05, 3.63) is 24.6 Å². The maximum Gasteiger partial charge on any atom is 0.100 e. The first-order valence-electron chi connectivity index (χ1n) is 3.43. The lowest BCUT2D eigenvalue weighted by Crippen LogP contribution is -2.33. The predicted octanol–water partition coefficient (Wildman–Crippen LogP) is 0.233. The van der Waals surface area contributed by atoms with E-state index in [4.69, 9.17) is 4.74 Å². The summed E-state index contributed by atoms with van der Waals surface area (Å²) in [4.78, 5) is 0. The van der Waals surface area contributed by atoms with Crippen LogP contribution in [-0.2, 0) is 4.74 Å². The summed E-state index contributed by atoms with van der Waals surface area (Å²) in [6.45, 7) is 1.86. The average molecular weight is 138 g/mol. The van der Waals surface area contributed by atoms with Crippen LogP contribution in [0.3, 0.4) is 0 Å². The molecule has 3 heteroatoms. The van der Waals surface area contributed by atoms with Crippen LogP contribution in [0.5, 0.6) is 0 Å². The zero-order chi connectivity index (χ0) is 6.81. The molecule has 0 aromatic heterocycles. The Hall–Kier alpha value is -0.960. The average Bonchev–Trinajstić information content (AvgIpc) is 2.74. The Bertz CT molecular complexity index is 172. The van der Waals surface area contributed by atoms with Crippen LogP contribution in [-0.4, -0.2) is 24.3 Å². The maximum atomic E-state index is 5.07. The SMILES string of the molecule is C1=CNN(CC2CO2)C=C1. The zero-order valence-corrected chi connectivity index (χ0v) is 5.66. The molecular weight excluding hydrogens is 128 g/mol. The molecule has 0 aliphatic carbocycles. The number of hydrogen-bond acceptors (Lipinski definition) is 3. The Labute approximate surface area is 59.9 Å². The number of hydrazine groups is 1. The number of rotatable bonds is 2. The van der Waals surface area contributed by atoms with Gasteiger partial charge in [0.1, 0.15) is 6.10 Å². The number of nitrogens with zero attached hydrogens (tertiary/aromatic N) is 1. The predicted molar refractivity (Wildman–Crippen MR) is 37.9 cm³/mol. The minimum atomic E-state index is 0.448. The Morgan fingerprint density at radius 3 is 3.10 bits per heavy atom. The van der Waals surface area contributed by atoms with Gasteiger partial charge in [0.2, 0.25) is 0 Å². The Balaban J connectivity index is 1.81. The Morgan fingerprint density at radius 2 is 2.50 bits per heavy atom. The summed E-state index contributed by atoms with van der Waals surface area (Å²) in [6.07, 6.45) is 8.32. The first-order valence-corrected chi connectivity index (χ1v) is 3.43. The van der Waals surface area contributed by atoms with E-state index in [-0.39, 0.29) is 0 Å². The van der Waals surface area contributed by atoms with Gasteiger partial charge in [-0.25, -0.2) is 0 Å². The van der Waals surface area contributed by atoms with E-state index in [1.165, 1.54) is 0 Å². The summed E-state index contributed by atoms with van der Waals surface area (Å²) in [5, 5.41) is 2.01. The molecule has 54 valence electrons. The molecule has 0 amide bonds. The van der Waals surface area contributed by atoms with Crippen LogP contribution in [0.4, 0.5) is 0 Å². The Morgan fingerprint density at radius 1 is 1.60 bits per heavy atom. The summed E-state index contributed by atoms with van der Waals surface area (Å²) in [7, 11) is 0. The summed E-state index contributed by atoms with van der Waals surface area (Å²) >= 11 is 0. The maximum absolute atomic E-state index is 5.07. The molecule has 2 aliphatic heterocycles. The molecule has 2 heterocycles. The van der Waals surface area contributed by atoms with Crippen LogP contribution in [0.1, 0.15) is 0 Å². The van der Waals surface area contributed by atoms with Crippen molar-refractivity contribution in [3.8, 4) is 0 Å². The highest BCUT2D eigenvalue weighted by Crippen LogP contribution is 2.10. The lowest BCUT2D eigenvalue weighted by Gasteiger charge is -2.20. The lowest BCUT2D eigenvalue weighted by atomic mass is 10.4. The van der Waals surface area contributed by atoms with Crippen molar-refractivity contribution < 1.29 is 4.74 Å². The standard InChI is InChI=1S/C7H10N2O/c1-2-4-9(8-3-1)5-7-6-10-7/h1-4,7-8H,5-6H2. The van der Waals surface area contributed by atoms with Crippen LogP contribution < -0.4 is 5.43 Å². The van der Waals surface area contributed by atoms with Crippen molar-refractivity contribution in [1.82, 2.24) is 10.4 Å². The van der Waals surface area contributed by atoms with Gasteiger partial charge in [0.05, 0.1) is 13.2 Å². The van der Waals surface area contributed by atoms with Gasteiger partial charge in [-0.05, 0) is 12.2 Å². The fraction of sp³-hybridized carbons (Fsp3) is 0.429. The topological polar surface area (TPSA) is 27.8 Å². The van der Waals surface area contributed by atoms with Gasteiger partial charge in [-0.2, -0.15) is 0 Å². The van der Waals surface area contributed by atoms with Crippen molar-refractivity contribution in [2.24, 2.45) is 0 Å². The van der Waals surface area contributed by atoms with Crippen LogP contribution in [0, 0.1) is 0 Å². The molecule has 1 saturated heterocycles. The highest BCUT2D eigenvalue weighted by Gasteiger charge is 2.24. The molecule has 0 saturated carbocycles. The third-order valence-electron chi connectivity index (χ3n) is 1.52. The van der Waals surface area contributed by atoms with Crippen molar-refractivity contribution in [3.63, 3.8) is 0 Å². The van der Waals surface area contributed by atoms with Gasteiger partial charge < -0.3 is 10.2 Å². The molecule has 0 aromatic carbocycles.